The summed E-state index contributed by atoms with van der Waals surface area (Å²) >= 11 is 0. The van der Waals surface area contributed by atoms with Crippen molar-refractivity contribution in [2.45, 2.75) is 39.5 Å². The molecule has 0 spiro atoms. The minimum atomic E-state index is -1.34. The topological polar surface area (TPSA) is 37.3 Å². The van der Waals surface area contributed by atoms with Crippen LogP contribution >= 0.6 is 0 Å². The zero-order valence-electron chi connectivity index (χ0n) is 9.72. The summed E-state index contributed by atoms with van der Waals surface area (Å²) in [7, 11) is -1.34. The maximum atomic E-state index is 11.0. The Morgan fingerprint density at radius 3 is 2.14 bits per heavy atom. The van der Waals surface area contributed by atoms with Crippen LogP contribution in [0.25, 0.3) is 0 Å². The second-order valence-corrected chi connectivity index (χ2v) is 10.2. The first-order valence-corrected chi connectivity index (χ1v) is 8.54. The van der Waals surface area contributed by atoms with Crippen molar-refractivity contribution in [2.75, 3.05) is 0 Å². The largest absolute Gasteiger partial charge is 0.478 e. The quantitative estimate of drug-likeness (QED) is 0.441. The molecule has 0 atom stereocenters. The Bertz CT molecular complexity index is 270. The zero-order valence-corrected chi connectivity index (χ0v) is 10.7. The number of carbonyl (C=O) groups is 1. The number of hydrogen-bond donors (Lipinski definition) is 1. The normalized spacial score (nSPS) is 14.4. The Labute approximate surface area is 87.3 Å². The third kappa shape index (κ3) is 5.75. The lowest BCUT2D eigenvalue weighted by molar-refractivity contribution is -0.132. The Kier molecular flexibility index (Phi) is 4.84. The first-order valence-electron chi connectivity index (χ1n) is 4.83. The second-order valence-electron chi connectivity index (χ2n) is 4.74. The van der Waals surface area contributed by atoms with Crippen molar-refractivity contribution in [3.05, 3.63) is 23.3 Å². The van der Waals surface area contributed by atoms with Crippen LogP contribution in [0.1, 0.15) is 13.8 Å². The fourth-order valence-corrected chi connectivity index (χ4v) is 2.51. The van der Waals surface area contributed by atoms with Gasteiger partial charge in [-0.25, -0.2) is 4.79 Å². The van der Waals surface area contributed by atoms with E-state index in [1.54, 1.807) is 6.08 Å². The number of rotatable bonds is 4. The summed E-state index contributed by atoms with van der Waals surface area (Å²) in [5, 5.41) is 9.01. The van der Waals surface area contributed by atoms with Gasteiger partial charge in [0, 0.05) is 13.6 Å². The zero-order chi connectivity index (χ0) is 11.4. The van der Waals surface area contributed by atoms with E-state index in [0.717, 1.165) is 11.6 Å². The SMILES string of the molecule is C/C=C(C)/C=C(\C[Si](C)(C)C)C(=O)O. The predicted octanol–water partition coefficient (Wildman–Crippen LogP) is 3.30. The van der Waals surface area contributed by atoms with Gasteiger partial charge in [0.15, 0.2) is 0 Å². The van der Waals surface area contributed by atoms with Crippen molar-refractivity contribution in [3.63, 3.8) is 0 Å². The van der Waals surface area contributed by atoms with Gasteiger partial charge in [-0.05, 0) is 26.0 Å². The van der Waals surface area contributed by atoms with Crippen LogP contribution < -0.4 is 0 Å². The molecule has 0 saturated carbocycles. The van der Waals surface area contributed by atoms with Gasteiger partial charge in [0.1, 0.15) is 0 Å². The molecule has 0 fully saturated rings. The van der Waals surface area contributed by atoms with Gasteiger partial charge in [0.25, 0.3) is 0 Å². The van der Waals surface area contributed by atoms with Gasteiger partial charge in [-0.2, -0.15) is 0 Å². The molecular weight excluding hydrogens is 192 g/mol. The highest BCUT2D eigenvalue weighted by Crippen LogP contribution is 2.17. The first kappa shape index (κ1) is 13.2. The van der Waals surface area contributed by atoms with E-state index in [-0.39, 0.29) is 0 Å². The highest BCUT2D eigenvalue weighted by atomic mass is 28.3. The lowest BCUT2D eigenvalue weighted by Gasteiger charge is -2.15. The molecule has 0 aliphatic rings. The van der Waals surface area contributed by atoms with Crippen molar-refractivity contribution in [2.24, 2.45) is 0 Å². The third-order valence-corrected chi connectivity index (χ3v) is 3.29. The summed E-state index contributed by atoms with van der Waals surface area (Å²) in [5.41, 5.74) is 1.56. The lowest BCUT2D eigenvalue weighted by Crippen LogP contribution is -2.22. The molecule has 0 saturated heterocycles. The molecule has 0 aliphatic carbocycles. The number of carboxylic acids is 1. The maximum Gasteiger partial charge on any atom is 0.331 e. The standard InChI is InChI=1S/C11H20O2Si/c1-6-9(2)7-10(11(12)13)8-14(3,4)5/h6-7H,8H2,1-5H3,(H,12,13)/b9-6+,10-7+. The van der Waals surface area contributed by atoms with Gasteiger partial charge in [-0.1, -0.05) is 31.3 Å². The molecule has 0 rings (SSSR count). The van der Waals surface area contributed by atoms with E-state index in [9.17, 15) is 4.79 Å². The molecule has 80 valence electrons. The van der Waals surface area contributed by atoms with Crippen molar-refractivity contribution in [3.8, 4) is 0 Å². The van der Waals surface area contributed by atoms with E-state index in [0.29, 0.717) is 5.57 Å². The molecule has 3 heteroatoms. The Balaban J connectivity index is 4.80. The van der Waals surface area contributed by atoms with Crippen LogP contribution in [0.2, 0.25) is 25.7 Å². The minimum Gasteiger partial charge on any atom is -0.478 e. The van der Waals surface area contributed by atoms with E-state index in [1.165, 1.54) is 0 Å². The molecule has 0 aromatic carbocycles. The van der Waals surface area contributed by atoms with E-state index in [4.69, 9.17) is 5.11 Å². The summed E-state index contributed by atoms with van der Waals surface area (Å²) in [6.07, 6.45) is 3.70. The lowest BCUT2D eigenvalue weighted by atomic mass is 10.2. The highest BCUT2D eigenvalue weighted by Gasteiger charge is 2.19. The van der Waals surface area contributed by atoms with Crippen molar-refractivity contribution in [1.82, 2.24) is 0 Å². The molecule has 0 aromatic heterocycles. The van der Waals surface area contributed by atoms with Gasteiger partial charge in [0.05, 0.1) is 0 Å². The van der Waals surface area contributed by atoms with Gasteiger partial charge in [0.2, 0.25) is 0 Å². The summed E-state index contributed by atoms with van der Waals surface area (Å²) in [6, 6.07) is 0.730. The molecule has 2 nitrogen and oxygen atoms in total. The molecule has 0 aliphatic heterocycles. The molecule has 0 radical (unpaired) electrons. The third-order valence-electron chi connectivity index (χ3n) is 1.85. The Morgan fingerprint density at radius 2 is 1.86 bits per heavy atom. The average Bonchev–Trinajstić information content (AvgIpc) is 2.00. The monoisotopic (exact) mass is 212 g/mol. The van der Waals surface area contributed by atoms with E-state index < -0.39 is 14.0 Å². The van der Waals surface area contributed by atoms with Crippen LogP contribution in [0.15, 0.2) is 23.3 Å². The van der Waals surface area contributed by atoms with Gasteiger partial charge in [-0.3, -0.25) is 0 Å². The summed E-state index contributed by atoms with van der Waals surface area (Å²) in [6.45, 7) is 10.4. The van der Waals surface area contributed by atoms with E-state index in [2.05, 4.69) is 19.6 Å². The van der Waals surface area contributed by atoms with E-state index in [1.807, 2.05) is 19.9 Å². The number of aliphatic carboxylic acids is 1. The van der Waals surface area contributed by atoms with Crippen LogP contribution in [0.3, 0.4) is 0 Å². The number of carboxylic acid groups (broad SMARTS) is 1. The molecule has 0 heterocycles. The van der Waals surface area contributed by atoms with E-state index >= 15 is 0 Å². The minimum absolute atomic E-state index is 0.541. The molecular formula is C11H20O2Si. The van der Waals surface area contributed by atoms with Gasteiger partial charge >= 0.3 is 5.97 Å². The molecule has 0 bridgehead atoms. The molecule has 0 amide bonds. The summed E-state index contributed by atoms with van der Waals surface area (Å²) < 4.78 is 0. The fraction of sp³-hybridized carbons (Fsp3) is 0.545. The number of allylic oxidation sites excluding steroid dienone is 3. The molecule has 14 heavy (non-hydrogen) atoms. The fourth-order valence-electron chi connectivity index (χ4n) is 1.12. The number of hydrogen-bond acceptors (Lipinski definition) is 1. The predicted molar refractivity (Wildman–Crippen MR) is 63.3 cm³/mol. The van der Waals surface area contributed by atoms with Crippen LogP contribution in [-0.2, 0) is 4.79 Å². The van der Waals surface area contributed by atoms with Crippen molar-refractivity contribution in [1.29, 1.82) is 0 Å². The van der Waals surface area contributed by atoms with Crippen LogP contribution in [-0.4, -0.2) is 19.1 Å². The Morgan fingerprint density at radius 1 is 1.36 bits per heavy atom. The first-order chi connectivity index (χ1) is 6.26. The smallest absolute Gasteiger partial charge is 0.331 e. The maximum absolute atomic E-state index is 11.0. The summed E-state index contributed by atoms with van der Waals surface area (Å²) in [4.78, 5) is 11.0. The van der Waals surface area contributed by atoms with Gasteiger partial charge in [-0.15, -0.1) is 0 Å². The molecule has 0 unspecified atom stereocenters. The summed E-state index contributed by atoms with van der Waals surface area (Å²) in [5.74, 6) is -0.784. The van der Waals surface area contributed by atoms with Crippen LogP contribution in [0.4, 0.5) is 0 Å². The van der Waals surface area contributed by atoms with Crippen molar-refractivity contribution < 1.29 is 9.90 Å². The second kappa shape index (κ2) is 5.15. The highest BCUT2D eigenvalue weighted by molar-refractivity contribution is 6.77. The van der Waals surface area contributed by atoms with Gasteiger partial charge < -0.3 is 5.11 Å². The molecule has 0 aromatic rings. The van der Waals surface area contributed by atoms with Crippen molar-refractivity contribution >= 4 is 14.0 Å². The van der Waals surface area contributed by atoms with Crippen LogP contribution in [0.5, 0.6) is 0 Å². The Hall–Kier alpha value is -0.833. The molecule has 1 N–H and O–H groups in total. The van der Waals surface area contributed by atoms with Crippen LogP contribution in [0, 0.1) is 0 Å². The average molecular weight is 212 g/mol.